The summed E-state index contributed by atoms with van der Waals surface area (Å²) >= 11 is 0. The van der Waals surface area contributed by atoms with Gasteiger partial charge in [0, 0.05) is 19.1 Å². The van der Waals surface area contributed by atoms with Crippen molar-refractivity contribution in [1.82, 2.24) is 15.0 Å². The number of carbonyl (C=O) groups is 1. The van der Waals surface area contributed by atoms with Crippen molar-refractivity contribution in [1.29, 1.82) is 0 Å². The normalized spacial score (nSPS) is 22.0. The largest absolute Gasteiger partial charge is 0.381 e. The van der Waals surface area contributed by atoms with E-state index in [4.69, 9.17) is 4.74 Å². The fourth-order valence-corrected chi connectivity index (χ4v) is 1.45. The van der Waals surface area contributed by atoms with E-state index < -0.39 is 0 Å². The first-order valence-corrected chi connectivity index (χ1v) is 4.31. The topological polar surface area (TPSA) is 57.0 Å². The quantitative estimate of drug-likeness (QED) is 0.622. The molecule has 0 aromatic carbocycles. The number of hydrogen-bond acceptors (Lipinski definition) is 4. The first kappa shape index (κ1) is 8.37. The molecule has 0 bridgehead atoms. The zero-order valence-electron chi connectivity index (χ0n) is 7.22. The molecule has 1 aromatic rings. The summed E-state index contributed by atoms with van der Waals surface area (Å²) in [6, 6.07) is 0. The summed E-state index contributed by atoms with van der Waals surface area (Å²) in [4.78, 5) is 10.3. The van der Waals surface area contributed by atoms with Crippen molar-refractivity contribution < 1.29 is 9.53 Å². The van der Waals surface area contributed by atoms with E-state index in [9.17, 15) is 4.79 Å². The van der Waals surface area contributed by atoms with E-state index in [1.54, 1.807) is 10.9 Å². The van der Waals surface area contributed by atoms with Gasteiger partial charge in [-0.15, -0.1) is 5.10 Å². The molecule has 0 aliphatic carbocycles. The maximum Gasteiger partial charge on any atom is 0.171 e. The van der Waals surface area contributed by atoms with Gasteiger partial charge in [-0.25, -0.2) is 0 Å². The van der Waals surface area contributed by atoms with Crippen LogP contribution in [0.3, 0.4) is 0 Å². The van der Waals surface area contributed by atoms with E-state index in [0.29, 0.717) is 17.9 Å². The molecule has 0 N–H and O–H groups in total. The highest BCUT2D eigenvalue weighted by Crippen LogP contribution is 2.13. The lowest BCUT2D eigenvalue weighted by atomic mass is 10.1. The van der Waals surface area contributed by atoms with Crippen LogP contribution in [0.5, 0.6) is 0 Å². The van der Waals surface area contributed by atoms with E-state index in [0.717, 1.165) is 26.2 Å². The fourth-order valence-electron chi connectivity index (χ4n) is 1.45. The van der Waals surface area contributed by atoms with Gasteiger partial charge in [0.2, 0.25) is 0 Å². The Morgan fingerprint density at radius 1 is 1.77 bits per heavy atom. The highest BCUT2D eigenvalue weighted by atomic mass is 16.5. The molecule has 0 unspecified atom stereocenters. The summed E-state index contributed by atoms with van der Waals surface area (Å²) in [5, 5.41) is 7.51. The van der Waals surface area contributed by atoms with Gasteiger partial charge in [0.1, 0.15) is 5.69 Å². The lowest BCUT2D eigenvalue weighted by molar-refractivity contribution is 0.111. The van der Waals surface area contributed by atoms with Crippen LogP contribution in [0.2, 0.25) is 0 Å². The molecule has 1 aromatic heterocycles. The second-order valence-corrected chi connectivity index (χ2v) is 3.21. The molecule has 1 fully saturated rings. The lowest BCUT2D eigenvalue weighted by Gasteiger charge is -2.05. The average molecular weight is 181 g/mol. The monoisotopic (exact) mass is 181 g/mol. The van der Waals surface area contributed by atoms with Gasteiger partial charge >= 0.3 is 0 Å². The number of nitrogens with zero attached hydrogens (tertiary/aromatic N) is 3. The van der Waals surface area contributed by atoms with Crippen LogP contribution in [-0.4, -0.2) is 34.5 Å². The van der Waals surface area contributed by atoms with Gasteiger partial charge in [0.05, 0.1) is 12.8 Å². The Balaban J connectivity index is 1.96. The van der Waals surface area contributed by atoms with Gasteiger partial charge in [-0.3, -0.25) is 9.48 Å². The molecule has 2 rings (SSSR count). The number of hydrogen-bond donors (Lipinski definition) is 0. The van der Waals surface area contributed by atoms with Crippen LogP contribution in [0.15, 0.2) is 6.20 Å². The van der Waals surface area contributed by atoms with Crippen LogP contribution in [0.1, 0.15) is 16.9 Å². The predicted octanol–water partition coefficient (Wildman–Crippen LogP) is 0.127. The smallest absolute Gasteiger partial charge is 0.171 e. The minimum Gasteiger partial charge on any atom is -0.381 e. The molecule has 1 atom stereocenters. The molecule has 5 heteroatoms. The van der Waals surface area contributed by atoms with Crippen LogP contribution < -0.4 is 0 Å². The van der Waals surface area contributed by atoms with E-state index in [1.165, 1.54) is 0 Å². The third-order valence-corrected chi connectivity index (χ3v) is 2.15. The van der Waals surface area contributed by atoms with Crippen LogP contribution in [0.25, 0.3) is 0 Å². The molecule has 5 nitrogen and oxygen atoms in total. The second-order valence-electron chi connectivity index (χ2n) is 3.21. The molecule has 1 aliphatic rings. The number of aldehydes is 1. The van der Waals surface area contributed by atoms with Crippen LogP contribution in [0.4, 0.5) is 0 Å². The second kappa shape index (κ2) is 3.66. The summed E-state index contributed by atoms with van der Waals surface area (Å²) in [7, 11) is 0. The number of carbonyl (C=O) groups excluding carboxylic acids is 1. The number of aromatic nitrogens is 3. The minimum absolute atomic E-state index is 0.388. The van der Waals surface area contributed by atoms with Gasteiger partial charge in [-0.05, 0) is 6.42 Å². The van der Waals surface area contributed by atoms with E-state index in [1.807, 2.05) is 0 Å². The molecule has 0 spiro atoms. The van der Waals surface area contributed by atoms with Crippen molar-refractivity contribution in [2.45, 2.75) is 13.0 Å². The Bertz CT molecular complexity index is 291. The van der Waals surface area contributed by atoms with Gasteiger partial charge < -0.3 is 4.74 Å². The maximum absolute atomic E-state index is 10.3. The van der Waals surface area contributed by atoms with Crippen LogP contribution in [-0.2, 0) is 11.3 Å². The first-order chi connectivity index (χ1) is 6.38. The summed E-state index contributed by atoms with van der Waals surface area (Å²) in [5.41, 5.74) is 0.388. The van der Waals surface area contributed by atoms with E-state index >= 15 is 0 Å². The van der Waals surface area contributed by atoms with Crippen molar-refractivity contribution >= 4 is 6.29 Å². The van der Waals surface area contributed by atoms with Crippen LogP contribution in [0, 0.1) is 5.92 Å². The molecule has 0 amide bonds. The molecule has 70 valence electrons. The standard InChI is InChI=1S/C8H11N3O2/c12-5-8-4-11(10-9-8)3-7-1-2-13-6-7/h4-5,7H,1-3,6H2/t7-/m0/s1. The fraction of sp³-hybridized carbons (Fsp3) is 0.625. The molecular weight excluding hydrogens is 170 g/mol. The Labute approximate surface area is 75.7 Å². The molecule has 2 heterocycles. The minimum atomic E-state index is 0.388. The van der Waals surface area contributed by atoms with E-state index in [2.05, 4.69) is 10.3 Å². The Morgan fingerprint density at radius 3 is 3.31 bits per heavy atom. The van der Waals surface area contributed by atoms with Gasteiger partial charge in [0.25, 0.3) is 0 Å². The SMILES string of the molecule is O=Cc1cn(C[C@@H]2CCOC2)nn1. The summed E-state index contributed by atoms with van der Waals surface area (Å²) in [6.07, 6.45) is 3.43. The summed E-state index contributed by atoms with van der Waals surface area (Å²) in [5.74, 6) is 0.515. The van der Waals surface area contributed by atoms with E-state index in [-0.39, 0.29) is 0 Å². The average Bonchev–Trinajstić information content (AvgIpc) is 2.76. The van der Waals surface area contributed by atoms with Crippen molar-refractivity contribution in [2.75, 3.05) is 13.2 Å². The third-order valence-electron chi connectivity index (χ3n) is 2.15. The molecule has 1 aliphatic heterocycles. The Morgan fingerprint density at radius 2 is 2.69 bits per heavy atom. The van der Waals surface area contributed by atoms with Gasteiger partial charge in [0.15, 0.2) is 6.29 Å². The van der Waals surface area contributed by atoms with Crippen molar-refractivity contribution in [3.05, 3.63) is 11.9 Å². The maximum atomic E-state index is 10.3. The van der Waals surface area contributed by atoms with Crippen molar-refractivity contribution in [3.8, 4) is 0 Å². The molecule has 0 saturated carbocycles. The van der Waals surface area contributed by atoms with Crippen molar-refractivity contribution in [2.24, 2.45) is 5.92 Å². The molecule has 1 saturated heterocycles. The summed E-state index contributed by atoms with van der Waals surface area (Å²) in [6.45, 7) is 2.41. The number of ether oxygens (including phenoxy) is 1. The predicted molar refractivity (Wildman–Crippen MR) is 44.3 cm³/mol. The number of rotatable bonds is 3. The third kappa shape index (κ3) is 1.92. The molecule has 13 heavy (non-hydrogen) atoms. The zero-order valence-corrected chi connectivity index (χ0v) is 7.22. The highest BCUT2D eigenvalue weighted by molar-refractivity contribution is 5.70. The van der Waals surface area contributed by atoms with Crippen LogP contribution >= 0.6 is 0 Å². The van der Waals surface area contributed by atoms with Crippen molar-refractivity contribution in [3.63, 3.8) is 0 Å². The van der Waals surface area contributed by atoms with Gasteiger partial charge in [-0.1, -0.05) is 5.21 Å². The highest BCUT2D eigenvalue weighted by Gasteiger charge is 2.16. The first-order valence-electron chi connectivity index (χ1n) is 4.31. The Kier molecular flexibility index (Phi) is 2.35. The summed E-state index contributed by atoms with van der Waals surface area (Å²) < 4.78 is 6.93. The van der Waals surface area contributed by atoms with Gasteiger partial charge in [-0.2, -0.15) is 0 Å². The molecular formula is C8H11N3O2. The molecule has 0 radical (unpaired) electrons. The lowest BCUT2D eigenvalue weighted by Crippen LogP contribution is -2.11. The zero-order chi connectivity index (χ0) is 9.10. The Hall–Kier alpha value is -1.23.